The van der Waals surface area contributed by atoms with Crippen LogP contribution in [0.1, 0.15) is 47.0 Å². The van der Waals surface area contributed by atoms with E-state index in [9.17, 15) is 0 Å². The summed E-state index contributed by atoms with van der Waals surface area (Å²) in [4.78, 5) is 0. The van der Waals surface area contributed by atoms with Crippen LogP contribution in [0.2, 0.25) is 0 Å². The van der Waals surface area contributed by atoms with Crippen molar-refractivity contribution < 1.29 is 9.47 Å². The van der Waals surface area contributed by atoms with Gasteiger partial charge in [-0.05, 0) is 47.0 Å². The van der Waals surface area contributed by atoms with Crippen molar-refractivity contribution >= 4 is 0 Å². The Bertz CT molecular complexity index is 215. The first kappa shape index (κ1) is 12.7. The molecule has 0 saturated heterocycles. The van der Waals surface area contributed by atoms with E-state index in [-0.39, 0.29) is 5.79 Å². The Morgan fingerprint density at radius 2 is 1.93 bits per heavy atom. The van der Waals surface area contributed by atoms with E-state index in [1.54, 1.807) is 0 Å². The second-order valence-corrected chi connectivity index (χ2v) is 4.40. The van der Waals surface area contributed by atoms with Gasteiger partial charge in [-0.15, -0.1) is 0 Å². The third-order valence-corrected chi connectivity index (χ3v) is 3.24. The summed E-state index contributed by atoms with van der Waals surface area (Å²) < 4.78 is 11.6. The summed E-state index contributed by atoms with van der Waals surface area (Å²) in [5, 5.41) is 0. The van der Waals surface area contributed by atoms with Gasteiger partial charge >= 0.3 is 0 Å². The third kappa shape index (κ3) is 3.32. The molecule has 0 aromatic heterocycles. The quantitative estimate of drug-likeness (QED) is 0.513. The van der Waals surface area contributed by atoms with Crippen LogP contribution in [0.3, 0.4) is 0 Å². The maximum atomic E-state index is 5.79. The molecule has 1 rings (SSSR count). The topological polar surface area (TPSA) is 18.5 Å². The predicted molar refractivity (Wildman–Crippen MR) is 62.8 cm³/mol. The van der Waals surface area contributed by atoms with Gasteiger partial charge in [0, 0.05) is 19.1 Å². The van der Waals surface area contributed by atoms with E-state index in [1.807, 2.05) is 13.8 Å². The number of hydrogen-bond donors (Lipinski definition) is 0. The lowest BCUT2D eigenvalue weighted by Crippen LogP contribution is -2.41. The lowest BCUT2D eigenvalue weighted by molar-refractivity contribution is -0.253. The standard InChI is InChI=1S/C13H24O2/c1-5-14-13(4,15-6-2)12-9-7-11(3)8-10-12/h7,12H,5-6,8-10H2,1-4H3. The summed E-state index contributed by atoms with van der Waals surface area (Å²) in [6.07, 6.45) is 5.77. The first-order valence-corrected chi connectivity index (χ1v) is 6.06. The molecule has 15 heavy (non-hydrogen) atoms. The Morgan fingerprint density at radius 1 is 1.33 bits per heavy atom. The van der Waals surface area contributed by atoms with Crippen molar-refractivity contribution in [3.05, 3.63) is 11.6 Å². The molecule has 0 fully saturated rings. The van der Waals surface area contributed by atoms with Crippen molar-refractivity contribution in [3.63, 3.8) is 0 Å². The summed E-state index contributed by atoms with van der Waals surface area (Å²) in [7, 11) is 0. The number of hydrogen-bond acceptors (Lipinski definition) is 2. The van der Waals surface area contributed by atoms with Gasteiger partial charge in [-0.2, -0.15) is 0 Å². The minimum Gasteiger partial charge on any atom is -0.350 e. The summed E-state index contributed by atoms with van der Waals surface area (Å²) in [5.74, 6) is 0.113. The van der Waals surface area contributed by atoms with Crippen molar-refractivity contribution in [1.82, 2.24) is 0 Å². The van der Waals surface area contributed by atoms with Crippen LogP contribution in [0, 0.1) is 5.92 Å². The largest absolute Gasteiger partial charge is 0.350 e. The maximum Gasteiger partial charge on any atom is 0.168 e. The van der Waals surface area contributed by atoms with Crippen molar-refractivity contribution in [2.75, 3.05) is 13.2 Å². The summed E-state index contributed by atoms with van der Waals surface area (Å²) >= 11 is 0. The highest BCUT2D eigenvalue weighted by atomic mass is 16.7. The van der Waals surface area contributed by atoms with E-state index < -0.39 is 0 Å². The van der Waals surface area contributed by atoms with Gasteiger partial charge in [-0.1, -0.05) is 11.6 Å². The molecule has 1 unspecified atom stereocenters. The average Bonchev–Trinajstić information content (AvgIpc) is 2.19. The molecular weight excluding hydrogens is 188 g/mol. The fourth-order valence-electron chi connectivity index (χ4n) is 2.29. The highest BCUT2D eigenvalue weighted by molar-refractivity contribution is 5.04. The lowest BCUT2D eigenvalue weighted by Gasteiger charge is -2.38. The fraction of sp³-hybridized carbons (Fsp3) is 0.846. The van der Waals surface area contributed by atoms with Gasteiger partial charge in [0.1, 0.15) is 0 Å². The fourth-order valence-corrected chi connectivity index (χ4v) is 2.29. The number of allylic oxidation sites excluding steroid dienone is 2. The van der Waals surface area contributed by atoms with Crippen molar-refractivity contribution in [1.29, 1.82) is 0 Å². The van der Waals surface area contributed by atoms with Gasteiger partial charge in [0.2, 0.25) is 0 Å². The molecule has 0 aromatic rings. The molecule has 0 aromatic carbocycles. The van der Waals surface area contributed by atoms with E-state index >= 15 is 0 Å². The average molecular weight is 212 g/mol. The van der Waals surface area contributed by atoms with Gasteiger partial charge in [-0.3, -0.25) is 0 Å². The monoisotopic (exact) mass is 212 g/mol. The van der Waals surface area contributed by atoms with Gasteiger partial charge in [0.15, 0.2) is 5.79 Å². The Kier molecular flexibility index (Phi) is 4.81. The molecule has 0 bridgehead atoms. The summed E-state index contributed by atoms with van der Waals surface area (Å²) in [5.41, 5.74) is 1.50. The van der Waals surface area contributed by atoms with Gasteiger partial charge in [0.25, 0.3) is 0 Å². The molecule has 1 atom stereocenters. The lowest BCUT2D eigenvalue weighted by atomic mass is 9.84. The minimum absolute atomic E-state index is 0.388. The van der Waals surface area contributed by atoms with Crippen molar-refractivity contribution in [3.8, 4) is 0 Å². The first-order valence-electron chi connectivity index (χ1n) is 6.06. The Morgan fingerprint density at radius 3 is 2.33 bits per heavy atom. The second kappa shape index (κ2) is 5.66. The molecule has 88 valence electrons. The van der Waals surface area contributed by atoms with Crippen LogP contribution in [0.15, 0.2) is 11.6 Å². The molecule has 0 heterocycles. The zero-order chi connectivity index (χ0) is 11.3. The smallest absolute Gasteiger partial charge is 0.168 e. The van der Waals surface area contributed by atoms with Crippen LogP contribution in [0.5, 0.6) is 0 Å². The zero-order valence-electron chi connectivity index (χ0n) is 10.5. The first-order chi connectivity index (χ1) is 7.12. The summed E-state index contributed by atoms with van der Waals surface area (Å²) in [6, 6.07) is 0. The Labute approximate surface area is 93.7 Å². The van der Waals surface area contributed by atoms with E-state index in [0.717, 1.165) is 19.6 Å². The van der Waals surface area contributed by atoms with Crippen LogP contribution in [0.25, 0.3) is 0 Å². The van der Waals surface area contributed by atoms with Crippen LogP contribution >= 0.6 is 0 Å². The minimum atomic E-state index is -0.388. The van der Waals surface area contributed by atoms with Crippen molar-refractivity contribution in [2.24, 2.45) is 5.92 Å². The molecule has 0 N–H and O–H groups in total. The highest BCUT2D eigenvalue weighted by Gasteiger charge is 2.35. The van der Waals surface area contributed by atoms with Gasteiger partial charge in [0.05, 0.1) is 0 Å². The molecule has 0 radical (unpaired) electrons. The highest BCUT2D eigenvalue weighted by Crippen LogP contribution is 2.35. The van der Waals surface area contributed by atoms with Crippen LogP contribution in [0.4, 0.5) is 0 Å². The molecule has 2 heteroatoms. The molecular formula is C13H24O2. The third-order valence-electron chi connectivity index (χ3n) is 3.24. The van der Waals surface area contributed by atoms with Gasteiger partial charge < -0.3 is 9.47 Å². The summed E-state index contributed by atoms with van der Waals surface area (Å²) in [6.45, 7) is 9.78. The van der Waals surface area contributed by atoms with Crippen LogP contribution in [-0.2, 0) is 9.47 Å². The van der Waals surface area contributed by atoms with E-state index in [4.69, 9.17) is 9.47 Å². The molecule has 0 spiro atoms. The molecule has 2 nitrogen and oxygen atoms in total. The Balaban J connectivity index is 2.63. The number of rotatable bonds is 5. The Hall–Kier alpha value is -0.340. The maximum absolute atomic E-state index is 5.79. The molecule has 0 saturated carbocycles. The normalized spacial score (nSPS) is 22.7. The number of ether oxygens (including phenoxy) is 2. The molecule has 1 aliphatic carbocycles. The predicted octanol–water partition coefficient (Wildman–Crippen LogP) is 3.52. The van der Waals surface area contributed by atoms with Crippen LogP contribution < -0.4 is 0 Å². The van der Waals surface area contributed by atoms with Crippen LogP contribution in [-0.4, -0.2) is 19.0 Å². The van der Waals surface area contributed by atoms with Crippen molar-refractivity contribution in [2.45, 2.75) is 52.7 Å². The van der Waals surface area contributed by atoms with E-state index in [1.165, 1.54) is 18.4 Å². The molecule has 1 aliphatic rings. The molecule has 0 amide bonds. The zero-order valence-corrected chi connectivity index (χ0v) is 10.5. The molecule has 0 aliphatic heterocycles. The van der Waals surface area contributed by atoms with E-state index in [2.05, 4.69) is 19.9 Å². The SMILES string of the molecule is CCOC(C)(OCC)C1CC=C(C)CC1. The van der Waals surface area contributed by atoms with Gasteiger partial charge in [-0.25, -0.2) is 0 Å². The second-order valence-electron chi connectivity index (χ2n) is 4.40. The van der Waals surface area contributed by atoms with E-state index in [0.29, 0.717) is 5.92 Å².